The van der Waals surface area contributed by atoms with Crippen molar-refractivity contribution in [1.82, 2.24) is 4.98 Å². The first-order chi connectivity index (χ1) is 8.33. The molecule has 0 saturated heterocycles. The molecule has 0 aliphatic carbocycles. The molecule has 1 atom stereocenters. The van der Waals surface area contributed by atoms with Gasteiger partial charge in [0.2, 0.25) is 0 Å². The highest BCUT2D eigenvalue weighted by molar-refractivity contribution is 5.75. The standard InChI is InChI=1S/C13H15NO3/c1-15-9-11(16-2)6-5-10-8-12-13(17-10)4-3-7-14-12/h3-8,11H,9H2,1-2H3/b6-5+. The van der Waals surface area contributed by atoms with E-state index in [1.165, 1.54) is 0 Å². The minimum absolute atomic E-state index is 0.0684. The molecule has 17 heavy (non-hydrogen) atoms. The SMILES string of the molecule is COCC(/C=C/c1cc2ncccc2o1)OC. The van der Waals surface area contributed by atoms with E-state index < -0.39 is 0 Å². The van der Waals surface area contributed by atoms with Crippen LogP contribution in [0.1, 0.15) is 5.76 Å². The summed E-state index contributed by atoms with van der Waals surface area (Å²) in [5, 5.41) is 0. The maximum atomic E-state index is 5.60. The lowest BCUT2D eigenvalue weighted by Crippen LogP contribution is -2.13. The molecule has 2 rings (SSSR count). The van der Waals surface area contributed by atoms with Crippen LogP contribution in [0.2, 0.25) is 0 Å². The highest BCUT2D eigenvalue weighted by atomic mass is 16.5. The Morgan fingerprint density at radius 2 is 2.35 bits per heavy atom. The maximum Gasteiger partial charge on any atom is 0.153 e. The zero-order valence-corrected chi connectivity index (χ0v) is 9.92. The van der Waals surface area contributed by atoms with Gasteiger partial charge in [0.15, 0.2) is 5.58 Å². The van der Waals surface area contributed by atoms with Crippen LogP contribution in [-0.2, 0) is 9.47 Å². The largest absolute Gasteiger partial charge is 0.455 e. The van der Waals surface area contributed by atoms with Gasteiger partial charge < -0.3 is 13.9 Å². The fourth-order valence-electron chi connectivity index (χ4n) is 1.54. The molecule has 0 spiro atoms. The van der Waals surface area contributed by atoms with E-state index in [4.69, 9.17) is 13.9 Å². The number of fused-ring (bicyclic) bond motifs is 1. The summed E-state index contributed by atoms with van der Waals surface area (Å²) in [5.74, 6) is 0.761. The molecule has 1 unspecified atom stereocenters. The summed E-state index contributed by atoms with van der Waals surface area (Å²) in [6.45, 7) is 0.519. The maximum absolute atomic E-state index is 5.60. The van der Waals surface area contributed by atoms with Crippen molar-refractivity contribution in [3.8, 4) is 0 Å². The fourth-order valence-corrected chi connectivity index (χ4v) is 1.54. The van der Waals surface area contributed by atoms with Crippen LogP contribution in [-0.4, -0.2) is 31.9 Å². The van der Waals surface area contributed by atoms with Crippen molar-refractivity contribution >= 4 is 17.2 Å². The van der Waals surface area contributed by atoms with E-state index in [1.54, 1.807) is 20.4 Å². The number of ether oxygens (including phenoxy) is 2. The Bertz CT molecular complexity index is 471. The molecule has 0 amide bonds. The van der Waals surface area contributed by atoms with Crippen LogP contribution in [0.3, 0.4) is 0 Å². The van der Waals surface area contributed by atoms with Crippen molar-refractivity contribution < 1.29 is 13.9 Å². The topological polar surface area (TPSA) is 44.5 Å². The van der Waals surface area contributed by atoms with Crippen LogP contribution in [0, 0.1) is 0 Å². The van der Waals surface area contributed by atoms with E-state index in [-0.39, 0.29) is 6.10 Å². The van der Waals surface area contributed by atoms with Crippen LogP contribution in [0.15, 0.2) is 34.9 Å². The quantitative estimate of drug-likeness (QED) is 0.796. The van der Waals surface area contributed by atoms with Gasteiger partial charge in [0.05, 0.1) is 12.7 Å². The van der Waals surface area contributed by atoms with E-state index in [0.717, 1.165) is 16.9 Å². The summed E-state index contributed by atoms with van der Waals surface area (Å²) in [6, 6.07) is 5.64. The number of methoxy groups -OCH3 is 2. The van der Waals surface area contributed by atoms with E-state index in [2.05, 4.69) is 4.98 Å². The second kappa shape index (κ2) is 5.61. The lowest BCUT2D eigenvalue weighted by Gasteiger charge is -2.07. The number of hydrogen-bond donors (Lipinski definition) is 0. The zero-order chi connectivity index (χ0) is 12.1. The molecular formula is C13H15NO3. The summed E-state index contributed by atoms with van der Waals surface area (Å²) >= 11 is 0. The average molecular weight is 233 g/mol. The predicted octanol–water partition coefficient (Wildman–Crippen LogP) is 2.50. The normalized spacial score (nSPS) is 13.5. The molecule has 2 heterocycles. The van der Waals surface area contributed by atoms with Gasteiger partial charge in [-0.05, 0) is 24.3 Å². The van der Waals surface area contributed by atoms with Gasteiger partial charge in [0.25, 0.3) is 0 Å². The molecule has 4 heteroatoms. The Balaban J connectivity index is 2.14. The highest BCUT2D eigenvalue weighted by Crippen LogP contribution is 2.17. The van der Waals surface area contributed by atoms with Gasteiger partial charge in [-0.3, -0.25) is 4.98 Å². The molecule has 0 radical (unpaired) electrons. The Morgan fingerprint density at radius 3 is 3.06 bits per heavy atom. The third-order valence-electron chi connectivity index (χ3n) is 2.42. The molecule has 0 saturated carbocycles. The molecule has 0 aromatic carbocycles. The summed E-state index contributed by atoms with van der Waals surface area (Å²) in [5.41, 5.74) is 1.64. The molecular weight excluding hydrogens is 218 g/mol. The third-order valence-corrected chi connectivity index (χ3v) is 2.42. The van der Waals surface area contributed by atoms with Gasteiger partial charge >= 0.3 is 0 Å². The first-order valence-electron chi connectivity index (χ1n) is 5.38. The van der Waals surface area contributed by atoms with Crippen molar-refractivity contribution in [1.29, 1.82) is 0 Å². The molecule has 0 N–H and O–H groups in total. The monoisotopic (exact) mass is 233 g/mol. The summed E-state index contributed by atoms with van der Waals surface area (Å²) in [6.07, 6.45) is 5.45. The number of hydrogen-bond acceptors (Lipinski definition) is 4. The number of pyridine rings is 1. The Hall–Kier alpha value is -1.65. The van der Waals surface area contributed by atoms with Gasteiger partial charge in [-0.2, -0.15) is 0 Å². The van der Waals surface area contributed by atoms with Crippen molar-refractivity contribution in [3.05, 3.63) is 36.2 Å². The number of nitrogens with zero attached hydrogens (tertiary/aromatic N) is 1. The van der Waals surface area contributed by atoms with Crippen LogP contribution >= 0.6 is 0 Å². The van der Waals surface area contributed by atoms with Gasteiger partial charge in [0.1, 0.15) is 11.3 Å². The molecule has 90 valence electrons. The van der Waals surface area contributed by atoms with Crippen LogP contribution in [0.4, 0.5) is 0 Å². The number of aromatic nitrogens is 1. The van der Waals surface area contributed by atoms with Gasteiger partial charge in [0, 0.05) is 26.5 Å². The summed E-state index contributed by atoms with van der Waals surface area (Å²) in [7, 11) is 3.29. The summed E-state index contributed by atoms with van der Waals surface area (Å²) < 4.78 is 15.8. The molecule has 0 aliphatic rings. The second-order valence-corrected chi connectivity index (χ2v) is 3.62. The van der Waals surface area contributed by atoms with Gasteiger partial charge in [-0.25, -0.2) is 0 Å². The van der Waals surface area contributed by atoms with Crippen LogP contribution < -0.4 is 0 Å². The minimum Gasteiger partial charge on any atom is -0.455 e. The van der Waals surface area contributed by atoms with Crippen LogP contribution in [0.25, 0.3) is 17.2 Å². The minimum atomic E-state index is -0.0684. The molecule has 0 aliphatic heterocycles. The van der Waals surface area contributed by atoms with E-state index in [0.29, 0.717) is 6.61 Å². The lowest BCUT2D eigenvalue weighted by molar-refractivity contribution is 0.0576. The molecule has 2 aromatic rings. The lowest BCUT2D eigenvalue weighted by atomic mass is 10.3. The fraction of sp³-hybridized carbons (Fsp3) is 0.308. The molecule has 0 bridgehead atoms. The smallest absolute Gasteiger partial charge is 0.153 e. The Morgan fingerprint density at radius 1 is 1.47 bits per heavy atom. The molecule has 2 aromatic heterocycles. The highest BCUT2D eigenvalue weighted by Gasteiger charge is 2.04. The second-order valence-electron chi connectivity index (χ2n) is 3.62. The molecule has 0 fully saturated rings. The first kappa shape index (κ1) is 11.8. The Labute approximate surface area is 99.9 Å². The Kier molecular flexibility index (Phi) is 3.90. The van der Waals surface area contributed by atoms with Crippen molar-refractivity contribution in [2.45, 2.75) is 6.10 Å². The van der Waals surface area contributed by atoms with Gasteiger partial charge in [-0.1, -0.05) is 0 Å². The third kappa shape index (κ3) is 2.93. The first-order valence-corrected chi connectivity index (χ1v) is 5.38. The average Bonchev–Trinajstić information content (AvgIpc) is 2.77. The number of rotatable bonds is 5. The molecule has 4 nitrogen and oxygen atoms in total. The van der Waals surface area contributed by atoms with E-state index in [9.17, 15) is 0 Å². The van der Waals surface area contributed by atoms with Crippen molar-refractivity contribution in [3.63, 3.8) is 0 Å². The summed E-state index contributed by atoms with van der Waals surface area (Å²) in [4.78, 5) is 4.20. The predicted molar refractivity (Wildman–Crippen MR) is 65.7 cm³/mol. The van der Waals surface area contributed by atoms with Crippen molar-refractivity contribution in [2.24, 2.45) is 0 Å². The van der Waals surface area contributed by atoms with Gasteiger partial charge in [-0.15, -0.1) is 0 Å². The number of furan rings is 1. The zero-order valence-electron chi connectivity index (χ0n) is 9.92. The van der Waals surface area contributed by atoms with Crippen LogP contribution in [0.5, 0.6) is 0 Å². The van der Waals surface area contributed by atoms with E-state index >= 15 is 0 Å². The van der Waals surface area contributed by atoms with Crippen molar-refractivity contribution in [2.75, 3.05) is 20.8 Å². The van der Waals surface area contributed by atoms with E-state index in [1.807, 2.05) is 30.4 Å².